The molecule has 0 aliphatic carbocycles. The molecule has 0 saturated heterocycles. The quantitative estimate of drug-likeness (QED) is 0.269. The largest absolute Gasteiger partial charge is 0.454 e. The minimum Gasteiger partial charge on any atom is -0.454 e. The van der Waals surface area contributed by atoms with Gasteiger partial charge in [-0.1, -0.05) is 53.5 Å². The maximum atomic E-state index is 12.7. The highest BCUT2D eigenvalue weighted by Gasteiger charge is 2.19. The number of para-hydroxylation sites is 1. The van der Waals surface area contributed by atoms with Gasteiger partial charge >= 0.3 is 5.97 Å². The molecule has 0 radical (unpaired) electrons. The van der Waals surface area contributed by atoms with E-state index in [0.29, 0.717) is 21.2 Å². The van der Waals surface area contributed by atoms with Gasteiger partial charge in [0.05, 0.1) is 20.8 Å². The molecule has 0 aliphatic rings. The average Bonchev–Trinajstić information content (AvgIpc) is 3.16. The highest BCUT2D eigenvalue weighted by molar-refractivity contribution is 7.21. The van der Waals surface area contributed by atoms with E-state index in [9.17, 15) is 9.59 Å². The van der Waals surface area contributed by atoms with Crippen LogP contribution in [0.4, 0.5) is 0 Å². The van der Waals surface area contributed by atoms with Crippen LogP contribution in [0.2, 0.25) is 10.0 Å². The zero-order valence-electron chi connectivity index (χ0n) is 14.9. The molecule has 0 N–H and O–H groups in total. The summed E-state index contributed by atoms with van der Waals surface area (Å²) in [5, 5.41) is 1.35. The molecule has 0 amide bonds. The average molecular weight is 442 g/mol. The molecule has 1 heterocycles. The number of ketones is 1. The molecule has 144 valence electrons. The molecular weight excluding hydrogens is 429 g/mol. The van der Waals surface area contributed by atoms with Crippen LogP contribution in [-0.2, 0) is 4.74 Å². The van der Waals surface area contributed by atoms with Crippen molar-refractivity contribution in [3.8, 4) is 10.6 Å². The first-order valence-electron chi connectivity index (χ1n) is 8.63. The second-order valence-corrected chi connectivity index (χ2v) is 8.03. The Balaban J connectivity index is 1.56. The lowest BCUT2D eigenvalue weighted by atomic mass is 10.1. The van der Waals surface area contributed by atoms with Gasteiger partial charge in [-0.05, 0) is 36.4 Å². The molecule has 0 spiro atoms. The van der Waals surface area contributed by atoms with E-state index in [0.717, 1.165) is 10.2 Å². The monoisotopic (exact) mass is 441 g/mol. The summed E-state index contributed by atoms with van der Waals surface area (Å²) in [6.45, 7) is -0.422. The number of nitrogens with zero attached hydrogens (tertiary/aromatic N) is 1. The predicted octanol–water partition coefficient (Wildman–Crippen LogP) is 6.31. The predicted molar refractivity (Wildman–Crippen MR) is 116 cm³/mol. The number of esters is 1. The number of fused-ring (bicyclic) bond motifs is 1. The Bertz CT molecular complexity index is 1200. The van der Waals surface area contributed by atoms with E-state index in [2.05, 4.69) is 4.98 Å². The fourth-order valence-electron chi connectivity index (χ4n) is 2.84. The van der Waals surface area contributed by atoms with E-state index in [-0.39, 0.29) is 10.6 Å². The van der Waals surface area contributed by atoms with E-state index in [1.54, 1.807) is 18.2 Å². The summed E-state index contributed by atoms with van der Waals surface area (Å²) in [6, 6.07) is 19.3. The van der Waals surface area contributed by atoms with Crippen molar-refractivity contribution in [1.82, 2.24) is 4.98 Å². The lowest BCUT2D eigenvalue weighted by Crippen LogP contribution is -2.15. The maximum absolute atomic E-state index is 12.7. The molecule has 0 unspecified atom stereocenters. The Labute approximate surface area is 180 Å². The zero-order valence-corrected chi connectivity index (χ0v) is 17.2. The third-order valence-electron chi connectivity index (χ3n) is 4.24. The Morgan fingerprint density at radius 2 is 1.69 bits per heavy atom. The van der Waals surface area contributed by atoms with Crippen molar-refractivity contribution in [3.05, 3.63) is 87.9 Å². The third kappa shape index (κ3) is 4.17. The van der Waals surface area contributed by atoms with Crippen molar-refractivity contribution in [2.24, 2.45) is 0 Å². The summed E-state index contributed by atoms with van der Waals surface area (Å²) in [6.07, 6.45) is 0. The van der Waals surface area contributed by atoms with Crippen molar-refractivity contribution < 1.29 is 14.3 Å². The number of hydrogen-bond donors (Lipinski definition) is 0. The molecule has 7 heteroatoms. The fourth-order valence-corrected chi connectivity index (χ4v) is 4.36. The number of aromatic nitrogens is 1. The van der Waals surface area contributed by atoms with E-state index < -0.39 is 18.4 Å². The molecule has 4 rings (SSSR count). The van der Waals surface area contributed by atoms with Crippen molar-refractivity contribution in [2.75, 3.05) is 6.61 Å². The van der Waals surface area contributed by atoms with Gasteiger partial charge in [-0.2, -0.15) is 0 Å². The van der Waals surface area contributed by atoms with Crippen LogP contribution in [0.5, 0.6) is 0 Å². The van der Waals surface area contributed by atoms with Crippen LogP contribution in [0.15, 0.2) is 66.7 Å². The second kappa shape index (κ2) is 8.33. The standard InChI is InChI=1S/C22H13Cl2NO3S/c23-13-9-10-16(17(24)11-13)19(26)12-28-22(27)15-6-2-1-5-14(15)21-25-18-7-3-4-8-20(18)29-21/h1-11H,12H2. The van der Waals surface area contributed by atoms with Gasteiger partial charge in [0.1, 0.15) is 5.01 Å². The number of thiazole rings is 1. The van der Waals surface area contributed by atoms with Crippen LogP contribution in [0.25, 0.3) is 20.8 Å². The maximum Gasteiger partial charge on any atom is 0.339 e. The SMILES string of the molecule is O=C(COC(=O)c1ccccc1-c1nc2ccccc2s1)c1ccc(Cl)cc1Cl. The summed E-state index contributed by atoms with van der Waals surface area (Å²) in [5.41, 5.74) is 2.13. The first kappa shape index (κ1) is 19.6. The summed E-state index contributed by atoms with van der Waals surface area (Å²) in [4.78, 5) is 29.6. The van der Waals surface area contributed by atoms with E-state index in [1.165, 1.54) is 23.5 Å². The summed E-state index contributed by atoms with van der Waals surface area (Å²) in [7, 11) is 0. The van der Waals surface area contributed by atoms with Crippen molar-refractivity contribution >= 4 is 56.5 Å². The topological polar surface area (TPSA) is 56.3 Å². The van der Waals surface area contributed by atoms with Crippen LogP contribution >= 0.6 is 34.5 Å². The smallest absolute Gasteiger partial charge is 0.339 e. The lowest BCUT2D eigenvalue weighted by Gasteiger charge is -2.08. The van der Waals surface area contributed by atoms with Crippen LogP contribution in [0.1, 0.15) is 20.7 Å². The molecule has 4 nitrogen and oxygen atoms in total. The van der Waals surface area contributed by atoms with Gasteiger partial charge in [0, 0.05) is 16.1 Å². The van der Waals surface area contributed by atoms with Gasteiger partial charge in [-0.15, -0.1) is 11.3 Å². The minimum atomic E-state index is -0.599. The minimum absolute atomic E-state index is 0.216. The Hall–Kier alpha value is -2.73. The number of Topliss-reactive ketones (excluding diaryl/α,β-unsaturated/α-hetero) is 1. The van der Waals surface area contributed by atoms with Crippen molar-refractivity contribution in [2.45, 2.75) is 0 Å². The molecule has 4 aromatic rings. The normalized spacial score (nSPS) is 10.8. The number of benzene rings is 3. The van der Waals surface area contributed by atoms with Gasteiger partial charge in [0.25, 0.3) is 0 Å². The zero-order chi connectivity index (χ0) is 20.4. The van der Waals surface area contributed by atoms with E-state index in [4.69, 9.17) is 27.9 Å². The lowest BCUT2D eigenvalue weighted by molar-refractivity contribution is 0.0475. The Morgan fingerprint density at radius 3 is 2.48 bits per heavy atom. The number of carbonyl (C=O) groups is 2. The van der Waals surface area contributed by atoms with Gasteiger partial charge in [0.15, 0.2) is 6.61 Å². The molecule has 3 aromatic carbocycles. The fraction of sp³-hybridized carbons (Fsp3) is 0.0455. The number of ether oxygens (including phenoxy) is 1. The van der Waals surface area contributed by atoms with Crippen LogP contribution < -0.4 is 0 Å². The molecule has 0 saturated carbocycles. The van der Waals surface area contributed by atoms with E-state index in [1.807, 2.05) is 36.4 Å². The number of halogens is 2. The summed E-state index contributed by atoms with van der Waals surface area (Å²) >= 11 is 13.4. The molecule has 0 aliphatic heterocycles. The first-order valence-corrected chi connectivity index (χ1v) is 10.2. The first-order chi connectivity index (χ1) is 14.0. The summed E-state index contributed by atoms with van der Waals surface area (Å²) < 4.78 is 6.29. The molecule has 1 aromatic heterocycles. The van der Waals surface area contributed by atoms with Gasteiger partial charge < -0.3 is 4.74 Å². The molecule has 29 heavy (non-hydrogen) atoms. The highest BCUT2D eigenvalue weighted by Crippen LogP contribution is 2.32. The van der Waals surface area contributed by atoms with Crippen LogP contribution in [-0.4, -0.2) is 23.3 Å². The van der Waals surface area contributed by atoms with Gasteiger partial charge in [0.2, 0.25) is 5.78 Å². The van der Waals surface area contributed by atoms with Crippen LogP contribution in [0, 0.1) is 0 Å². The van der Waals surface area contributed by atoms with Gasteiger partial charge in [-0.3, -0.25) is 4.79 Å². The Morgan fingerprint density at radius 1 is 0.931 bits per heavy atom. The molecule has 0 fully saturated rings. The molecular formula is C22H13Cl2NO3S. The number of rotatable bonds is 5. The van der Waals surface area contributed by atoms with Gasteiger partial charge in [-0.25, -0.2) is 9.78 Å². The van der Waals surface area contributed by atoms with Crippen molar-refractivity contribution in [3.63, 3.8) is 0 Å². The molecule has 0 bridgehead atoms. The number of hydrogen-bond acceptors (Lipinski definition) is 5. The highest BCUT2D eigenvalue weighted by atomic mass is 35.5. The number of carbonyl (C=O) groups excluding carboxylic acids is 2. The van der Waals surface area contributed by atoms with E-state index >= 15 is 0 Å². The Kier molecular flexibility index (Phi) is 5.62. The second-order valence-electron chi connectivity index (χ2n) is 6.16. The van der Waals surface area contributed by atoms with Crippen LogP contribution in [0.3, 0.4) is 0 Å². The molecule has 0 atom stereocenters. The third-order valence-corrected chi connectivity index (χ3v) is 5.85. The summed E-state index contributed by atoms with van der Waals surface area (Å²) in [5.74, 6) is -1.00. The van der Waals surface area contributed by atoms with Crippen molar-refractivity contribution in [1.29, 1.82) is 0 Å².